The molecule has 2 heterocycles. The summed E-state index contributed by atoms with van der Waals surface area (Å²) < 4.78 is 5.25. The van der Waals surface area contributed by atoms with Gasteiger partial charge < -0.3 is 19.5 Å². The van der Waals surface area contributed by atoms with E-state index in [0.717, 1.165) is 0 Å². The van der Waals surface area contributed by atoms with E-state index in [1.165, 1.54) is 6.39 Å². The van der Waals surface area contributed by atoms with Crippen molar-refractivity contribution >= 4 is 5.91 Å². The molecule has 0 bridgehead atoms. The number of hydrogen-bond acceptors (Lipinski definition) is 5. The number of carbonyl (C=O) groups excluding carboxylic acids is 1. The van der Waals surface area contributed by atoms with Gasteiger partial charge >= 0.3 is 0 Å². The van der Waals surface area contributed by atoms with E-state index in [0.29, 0.717) is 37.4 Å². The van der Waals surface area contributed by atoms with Crippen LogP contribution in [-0.2, 0) is 0 Å². The van der Waals surface area contributed by atoms with Gasteiger partial charge in [0.25, 0.3) is 5.91 Å². The van der Waals surface area contributed by atoms with Crippen LogP contribution in [0.25, 0.3) is 0 Å². The van der Waals surface area contributed by atoms with E-state index in [2.05, 4.69) is 4.98 Å². The zero-order chi connectivity index (χ0) is 14.0. The van der Waals surface area contributed by atoms with E-state index in [-0.39, 0.29) is 18.4 Å². The number of aliphatic hydroxyl groups excluding tert-OH is 1. The van der Waals surface area contributed by atoms with Gasteiger partial charge in [-0.3, -0.25) is 4.79 Å². The van der Waals surface area contributed by atoms with Crippen LogP contribution in [0.1, 0.15) is 48.9 Å². The maximum absolute atomic E-state index is 12.3. The zero-order valence-corrected chi connectivity index (χ0v) is 11.3. The lowest BCUT2D eigenvalue weighted by molar-refractivity contribution is -0.0547. The Labute approximate surface area is 112 Å². The third-order valence-electron chi connectivity index (χ3n) is 3.60. The van der Waals surface area contributed by atoms with Crippen LogP contribution < -0.4 is 0 Å². The first-order valence-corrected chi connectivity index (χ1v) is 6.53. The normalized spacial score (nSPS) is 18.9. The monoisotopic (exact) mass is 268 g/mol. The predicted molar refractivity (Wildman–Crippen MR) is 67.8 cm³/mol. The van der Waals surface area contributed by atoms with Crippen LogP contribution >= 0.6 is 0 Å². The van der Waals surface area contributed by atoms with Crippen molar-refractivity contribution in [2.75, 3.05) is 19.7 Å². The molecule has 0 aliphatic carbocycles. The number of aromatic nitrogens is 1. The first-order valence-electron chi connectivity index (χ1n) is 6.53. The minimum Gasteiger partial charge on any atom is -0.447 e. The number of rotatable bonds is 3. The third kappa shape index (κ3) is 2.79. The molecule has 0 aromatic carbocycles. The molecule has 2 N–H and O–H groups in total. The highest BCUT2D eigenvalue weighted by atomic mass is 16.3. The molecule has 1 aliphatic heterocycles. The summed E-state index contributed by atoms with van der Waals surface area (Å²) in [5.74, 6) is 0.519. The van der Waals surface area contributed by atoms with Gasteiger partial charge in [0, 0.05) is 19.0 Å². The van der Waals surface area contributed by atoms with Crippen molar-refractivity contribution in [3.63, 3.8) is 0 Å². The molecule has 1 aliphatic rings. The topological polar surface area (TPSA) is 86.8 Å². The molecule has 0 atom stereocenters. The molecule has 6 nitrogen and oxygen atoms in total. The first kappa shape index (κ1) is 14.0. The average Bonchev–Trinajstić information content (AvgIpc) is 2.88. The molecule has 1 aromatic heterocycles. The van der Waals surface area contributed by atoms with Crippen LogP contribution in [-0.4, -0.2) is 51.3 Å². The van der Waals surface area contributed by atoms with Gasteiger partial charge in [0.2, 0.25) is 0 Å². The van der Waals surface area contributed by atoms with E-state index >= 15 is 0 Å². The summed E-state index contributed by atoms with van der Waals surface area (Å²) in [4.78, 5) is 18.0. The minimum atomic E-state index is -1.05. The van der Waals surface area contributed by atoms with Gasteiger partial charge in [-0.25, -0.2) is 4.98 Å². The molecule has 0 radical (unpaired) electrons. The van der Waals surface area contributed by atoms with Gasteiger partial charge in [-0.1, -0.05) is 13.8 Å². The van der Waals surface area contributed by atoms with Crippen LogP contribution in [0.3, 0.4) is 0 Å². The molecule has 0 saturated carbocycles. The van der Waals surface area contributed by atoms with Crippen molar-refractivity contribution in [2.24, 2.45) is 0 Å². The lowest BCUT2D eigenvalue weighted by Gasteiger charge is -2.36. The summed E-state index contributed by atoms with van der Waals surface area (Å²) in [5.41, 5.74) is -0.703. The van der Waals surface area contributed by atoms with Crippen molar-refractivity contribution < 1.29 is 19.4 Å². The average molecular weight is 268 g/mol. The summed E-state index contributed by atoms with van der Waals surface area (Å²) in [7, 11) is 0. The Balaban J connectivity index is 2.07. The lowest BCUT2D eigenvalue weighted by Crippen LogP contribution is -2.48. The Morgan fingerprint density at radius 2 is 2.16 bits per heavy atom. The van der Waals surface area contributed by atoms with Gasteiger partial charge in [0.05, 0.1) is 12.2 Å². The molecule has 2 rings (SSSR count). The number of oxazole rings is 1. The fourth-order valence-corrected chi connectivity index (χ4v) is 2.26. The summed E-state index contributed by atoms with van der Waals surface area (Å²) in [6, 6.07) is 0. The minimum absolute atomic E-state index is 0.0978. The third-order valence-corrected chi connectivity index (χ3v) is 3.60. The predicted octanol–water partition coefficient (Wildman–Crippen LogP) is 0.757. The second-order valence-corrected chi connectivity index (χ2v) is 5.39. The van der Waals surface area contributed by atoms with E-state index < -0.39 is 5.60 Å². The number of likely N-dealkylation sites (tertiary alicyclic amines) is 1. The first-order chi connectivity index (χ1) is 8.97. The van der Waals surface area contributed by atoms with Crippen LogP contribution in [0.4, 0.5) is 0 Å². The number of aliphatic hydroxyl groups is 2. The Bertz CT molecular complexity index is 447. The van der Waals surface area contributed by atoms with Gasteiger partial charge in [-0.2, -0.15) is 0 Å². The molecule has 1 fully saturated rings. The van der Waals surface area contributed by atoms with Crippen LogP contribution in [0.5, 0.6) is 0 Å². The maximum Gasteiger partial charge on any atom is 0.276 e. The van der Waals surface area contributed by atoms with Crippen molar-refractivity contribution in [3.05, 3.63) is 17.8 Å². The summed E-state index contributed by atoms with van der Waals surface area (Å²) in [5, 5.41) is 19.0. The fraction of sp³-hybridized carbons (Fsp3) is 0.692. The Kier molecular flexibility index (Phi) is 3.91. The SMILES string of the molecule is CC(C)c1ocnc1C(=O)N1CCC(O)(CO)CC1. The Hall–Kier alpha value is -1.40. The second-order valence-electron chi connectivity index (χ2n) is 5.39. The molecule has 1 amide bonds. The highest BCUT2D eigenvalue weighted by molar-refractivity contribution is 5.93. The lowest BCUT2D eigenvalue weighted by atomic mass is 9.92. The van der Waals surface area contributed by atoms with E-state index in [9.17, 15) is 9.90 Å². The largest absolute Gasteiger partial charge is 0.447 e. The van der Waals surface area contributed by atoms with E-state index in [1.54, 1.807) is 4.90 Å². The summed E-state index contributed by atoms with van der Waals surface area (Å²) >= 11 is 0. The molecule has 1 aromatic rings. The molecule has 0 unspecified atom stereocenters. The Morgan fingerprint density at radius 3 is 2.68 bits per heavy atom. The van der Waals surface area contributed by atoms with Crippen molar-refractivity contribution in [2.45, 2.75) is 38.2 Å². The smallest absolute Gasteiger partial charge is 0.276 e. The summed E-state index contributed by atoms with van der Waals surface area (Å²) in [6.45, 7) is 4.45. The quantitative estimate of drug-likeness (QED) is 0.845. The van der Waals surface area contributed by atoms with E-state index in [4.69, 9.17) is 9.52 Å². The number of hydrogen-bond donors (Lipinski definition) is 2. The molecule has 1 saturated heterocycles. The highest BCUT2D eigenvalue weighted by Crippen LogP contribution is 2.25. The second kappa shape index (κ2) is 5.30. The number of carbonyl (C=O) groups is 1. The van der Waals surface area contributed by atoms with Crippen molar-refractivity contribution in [1.82, 2.24) is 9.88 Å². The van der Waals surface area contributed by atoms with Crippen molar-refractivity contribution in [1.29, 1.82) is 0 Å². The molecule has 19 heavy (non-hydrogen) atoms. The van der Waals surface area contributed by atoms with Crippen molar-refractivity contribution in [3.8, 4) is 0 Å². The molecular formula is C13H20N2O4. The maximum atomic E-state index is 12.3. The summed E-state index contributed by atoms with van der Waals surface area (Å²) in [6.07, 6.45) is 2.05. The van der Waals surface area contributed by atoms with Gasteiger partial charge in [-0.05, 0) is 12.8 Å². The molecule has 0 spiro atoms. The van der Waals surface area contributed by atoms with Crippen LogP contribution in [0.15, 0.2) is 10.8 Å². The zero-order valence-electron chi connectivity index (χ0n) is 11.3. The standard InChI is InChI=1S/C13H20N2O4/c1-9(2)11-10(14-8-19-11)12(17)15-5-3-13(18,7-16)4-6-15/h8-9,16,18H,3-7H2,1-2H3. The van der Waals surface area contributed by atoms with Crippen LogP contribution in [0, 0.1) is 0 Å². The Morgan fingerprint density at radius 1 is 1.53 bits per heavy atom. The number of piperidine rings is 1. The number of nitrogens with zero attached hydrogens (tertiary/aromatic N) is 2. The van der Waals surface area contributed by atoms with E-state index in [1.807, 2.05) is 13.8 Å². The van der Waals surface area contributed by atoms with Gasteiger partial charge in [0.1, 0.15) is 5.76 Å². The fourth-order valence-electron chi connectivity index (χ4n) is 2.26. The number of amides is 1. The van der Waals surface area contributed by atoms with Gasteiger partial charge in [-0.15, -0.1) is 0 Å². The highest BCUT2D eigenvalue weighted by Gasteiger charge is 2.35. The molecule has 106 valence electrons. The molecule has 6 heteroatoms. The van der Waals surface area contributed by atoms with Crippen LogP contribution in [0.2, 0.25) is 0 Å². The molecular weight excluding hydrogens is 248 g/mol. The van der Waals surface area contributed by atoms with Gasteiger partial charge in [0.15, 0.2) is 12.1 Å².